The van der Waals surface area contributed by atoms with E-state index in [1.807, 2.05) is 42.5 Å². The first-order chi connectivity index (χ1) is 20.6. The van der Waals surface area contributed by atoms with Crippen molar-refractivity contribution >= 4 is 28.9 Å². The van der Waals surface area contributed by atoms with E-state index >= 15 is 0 Å². The van der Waals surface area contributed by atoms with Crippen LogP contribution in [-0.2, 0) is 21.8 Å². The van der Waals surface area contributed by atoms with Crippen LogP contribution < -0.4 is 0 Å². The van der Waals surface area contributed by atoms with Crippen LogP contribution in [0.4, 0.5) is 17.6 Å². The van der Waals surface area contributed by atoms with Gasteiger partial charge < -0.3 is 9.57 Å². The highest BCUT2D eigenvalue weighted by Gasteiger charge is 2.56. The molecule has 2 atom stereocenters. The van der Waals surface area contributed by atoms with Crippen LogP contribution in [0, 0.1) is 11.7 Å². The second-order valence-electron chi connectivity index (χ2n) is 11.1. The summed E-state index contributed by atoms with van der Waals surface area (Å²) in [5.41, 5.74) is 3.01. The van der Waals surface area contributed by atoms with E-state index in [9.17, 15) is 17.6 Å². The molecule has 220 valence electrons. The molecule has 4 aromatic carbocycles. The number of likely N-dealkylation sites (tertiary alicyclic amines) is 1. The van der Waals surface area contributed by atoms with Crippen molar-refractivity contribution in [2.24, 2.45) is 11.1 Å². The zero-order valence-corrected chi connectivity index (χ0v) is 24.0. The van der Waals surface area contributed by atoms with E-state index in [1.165, 1.54) is 11.1 Å². The molecule has 7 rings (SSSR count). The van der Waals surface area contributed by atoms with Crippen LogP contribution in [0.15, 0.2) is 96.2 Å². The molecular weight excluding hydrogens is 603 g/mol. The topological polar surface area (TPSA) is 34.1 Å². The maximum atomic E-state index is 14.8. The molecule has 0 saturated carbocycles. The normalized spacial score (nSPS) is 21.0. The van der Waals surface area contributed by atoms with Gasteiger partial charge in [0, 0.05) is 29.2 Å². The van der Waals surface area contributed by atoms with Gasteiger partial charge in [-0.3, -0.25) is 4.90 Å². The van der Waals surface area contributed by atoms with Crippen molar-refractivity contribution in [3.8, 4) is 0 Å². The second kappa shape index (κ2) is 10.6. The summed E-state index contributed by atoms with van der Waals surface area (Å²) >= 11 is 11.9. The van der Waals surface area contributed by atoms with E-state index in [1.54, 1.807) is 12.1 Å². The molecule has 0 amide bonds. The molecule has 0 radical (unpaired) electrons. The molecule has 4 aromatic rings. The van der Waals surface area contributed by atoms with E-state index in [-0.39, 0.29) is 28.9 Å². The Morgan fingerprint density at radius 1 is 0.884 bits per heavy atom. The minimum Gasteiger partial charge on any atom is -0.386 e. The summed E-state index contributed by atoms with van der Waals surface area (Å²) < 4.78 is 64.5. The van der Waals surface area contributed by atoms with Crippen molar-refractivity contribution in [1.29, 1.82) is 0 Å². The van der Waals surface area contributed by atoms with Gasteiger partial charge in [-0.2, -0.15) is 13.2 Å². The number of hydrogen-bond acceptors (Lipinski definition) is 4. The number of alkyl halides is 3. The van der Waals surface area contributed by atoms with Gasteiger partial charge in [-0.15, -0.1) is 0 Å². The van der Waals surface area contributed by atoms with Crippen molar-refractivity contribution < 1.29 is 27.1 Å². The number of nitrogens with zero attached hydrogens (tertiary/aromatic N) is 2. The average Bonchev–Trinajstić information content (AvgIpc) is 3.59. The summed E-state index contributed by atoms with van der Waals surface area (Å²) in [5.74, 6) is -3.24. The predicted octanol–water partition coefficient (Wildman–Crippen LogP) is 8.62. The lowest BCUT2D eigenvalue weighted by Gasteiger charge is -2.51. The molecule has 2 unspecified atom stereocenters. The molecule has 43 heavy (non-hydrogen) atoms. The van der Waals surface area contributed by atoms with Crippen LogP contribution in [0.25, 0.3) is 0 Å². The van der Waals surface area contributed by atoms with Crippen molar-refractivity contribution in [3.05, 3.63) is 140 Å². The highest BCUT2D eigenvalue weighted by Crippen LogP contribution is 2.50. The van der Waals surface area contributed by atoms with Gasteiger partial charge in [0.2, 0.25) is 0 Å². The van der Waals surface area contributed by atoms with Crippen LogP contribution in [0.3, 0.4) is 0 Å². The fraction of sp³-hybridized carbons (Fsp3) is 0.242. The second-order valence-corrected chi connectivity index (χ2v) is 11.9. The van der Waals surface area contributed by atoms with Gasteiger partial charge in [-0.1, -0.05) is 101 Å². The SMILES string of the molecule is Fc1c(Cl)cc(Cl)cc1C1ON=C(c2ccc3c(c2)COC32CN(C(c3ccccc3)c3ccccc3)C2)C1C(F)(F)F. The van der Waals surface area contributed by atoms with Crippen LogP contribution in [0.2, 0.25) is 10.0 Å². The zero-order chi connectivity index (χ0) is 29.9. The minimum absolute atomic E-state index is 0.00402. The Bertz CT molecular complexity index is 1670. The first kappa shape index (κ1) is 28.3. The first-order valence-electron chi connectivity index (χ1n) is 13.7. The molecule has 4 nitrogen and oxygen atoms in total. The highest BCUT2D eigenvalue weighted by molar-refractivity contribution is 6.34. The van der Waals surface area contributed by atoms with Gasteiger partial charge >= 0.3 is 6.18 Å². The molecule has 0 aromatic heterocycles. The van der Waals surface area contributed by atoms with Gasteiger partial charge in [0.25, 0.3) is 0 Å². The summed E-state index contributed by atoms with van der Waals surface area (Å²) in [5, 5.41) is 3.41. The Kier molecular flexibility index (Phi) is 7.01. The third kappa shape index (κ3) is 4.90. The van der Waals surface area contributed by atoms with Crippen molar-refractivity contribution in [2.45, 2.75) is 30.5 Å². The zero-order valence-electron chi connectivity index (χ0n) is 22.5. The number of halogens is 6. The molecule has 1 fully saturated rings. The Morgan fingerprint density at radius 3 is 2.16 bits per heavy atom. The number of fused-ring (bicyclic) bond motifs is 2. The molecule has 0 N–H and O–H groups in total. The summed E-state index contributed by atoms with van der Waals surface area (Å²) in [6.45, 7) is 1.50. The summed E-state index contributed by atoms with van der Waals surface area (Å²) in [7, 11) is 0. The molecule has 3 aliphatic heterocycles. The molecule has 1 spiro atoms. The molecule has 1 saturated heterocycles. The largest absolute Gasteiger partial charge is 0.401 e. The standard InChI is InChI=1S/C33H24Cl2F4N2O2/c34-23-14-24(28(36)26(35)15-23)31-27(33(37,38)39)29(40-43-31)21-11-12-25-22(13-21)16-42-32(25)17-41(18-32)30(19-7-3-1-4-8-19)20-9-5-2-6-10-20/h1-15,27,30-31H,16-18H2. The fourth-order valence-corrected chi connectivity index (χ4v) is 7.01. The van der Waals surface area contributed by atoms with E-state index in [4.69, 9.17) is 32.8 Å². The molecule has 0 aliphatic carbocycles. The van der Waals surface area contributed by atoms with Gasteiger partial charge in [-0.05, 0) is 40.5 Å². The van der Waals surface area contributed by atoms with Crippen LogP contribution in [-0.4, -0.2) is 29.9 Å². The average molecular weight is 627 g/mol. The van der Waals surface area contributed by atoms with Crippen LogP contribution >= 0.6 is 23.2 Å². The van der Waals surface area contributed by atoms with E-state index < -0.39 is 40.2 Å². The van der Waals surface area contributed by atoms with Crippen molar-refractivity contribution in [2.75, 3.05) is 13.1 Å². The molecule has 10 heteroatoms. The number of hydrogen-bond donors (Lipinski definition) is 0. The number of ether oxygens (including phenoxy) is 1. The lowest BCUT2D eigenvalue weighted by Crippen LogP contribution is -2.60. The maximum Gasteiger partial charge on any atom is 0.401 e. The number of oxime groups is 1. The maximum absolute atomic E-state index is 14.8. The van der Waals surface area contributed by atoms with Gasteiger partial charge in [0.05, 0.1) is 17.7 Å². The van der Waals surface area contributed by atoms with Gasteiger partial charge in [0.1, 0.15) is 23.0 Å². The quantitative estimate of drug-likeness (QED) is 0.164. The Balaban J connectivity index is 1.16. The smallest absolute Gasteiger partial charge is 0.386 e. The van der Waals surface area contributed by atoms with Crippen LogP contribution in [0.1, 0.15) is 45.5 Å². The lowest BCUT2D eigenvalue weighted by molar-refractivity contribution is -0.178. The first-order valence-corrected chi connectivity index (χ1v) is 14.5. The fourth-order valence-electron chi connectivity index (χ4n) is 6.50. The molecule has 0 bridgehead atoms. The summed E-state index contributed by atoms with van der Waals surface area (Å²) in [4.78, 5) is 7.57. The number of benzene rings is 4. The predicted molar refractivity (Wildman–Crippen MR) is 156 cm³/mol. The Morgan fingerprint density at radius 2 is 1.53 bits per heavy atom. The number of rotatable bonds is 5. The Hall–Kier alpha value is -3.43. The molecular formula is C33H24Cl2F4N2O2. The monoisotopic (exact) mass is 626 g/mol. The molecule has 3 heterocycles. The van der Waals surface area contributed by atoms with Gasteiger partial charge in [-0.25, -0.2) is 4.39 Å². The van der Waals surface area contributed by atoms with Crippen LogP contribution in [0.5, 0.6) is 0 Å². The van der Waals surface area contributed by atoms with E-state index in [0.717, 1.165) is 23.3 Å². The van der Waals surface area contributed by atoms with Crippen molar-refractivity contribution in [3.63, 3.8) is 0 Å². The molecule has 3 aliphatic rings. The lowest BCUT2D eigenvalue weighted by atomic mass is 9.80. The van der Waals surface area contributed by atoms with Gasteiger partial charge in [0.15, 0.2) is 6.10 Å². The van der Waals surface area contributed by atoms with E-state index in [0.29, 0.717) is 13.1 Å². The highest BCUT2D eigenvalue weighted by atomic mass is 35.5. The van der Waals surface area contributed by atoms with E-state index in [2.05, 4.69) is 34.3 Å². The Labute approximate surface area is 255 Å². The summed E-state index contributed by atoms with van der Waals surface area (Å²) in [6, 6.07) is 27.8. The third-order valence-corrected chi connectivity index (χ3v) is 8.94. The minimum atomic E-state index is -4.78. The summed E-state index contributed by atoms with van der Waals surface area (Å²) in [6.07, 6.45) is -6.55. The third-order valence-electron chi connectivity index (χ3n) is 8.45. The van der Waals surface area contributed by atoms with Crippen molar-refractivity contribution in [1.82, 2.24) is 4.90 Å².